The van der Waals surface area contributed by atoms with E-state index < -0.39 is 72.0 Å². The highest BCUT2D eigenvalue weighted by Gasteiger charge is 2.67. The Bertz CT molecular complexity index is 2080. The molecule has 0 aromatic heterocycles. The topological polar surface area (TPSA) is 246 Å². The molecule has 4 amide bonds. The summed E-state index contributed by atoms with van der Waals surface area (Å²) >= 11 is 0. The maximum absolute atomic E-state index is 14.8. The number of hydrogen-bond acceptors (Lipinski definition) is 9. The van der Waals surface area contributed by atoms with E-state index >= 15 is 0 Å². The molecule has 5 aliphatic rings. The number of aliphatic carboxylic acids is 1. The average Bonchev–Trinajstić information content (AvgIpc) is 3.80. The highest BCUT2D eigenvalue weighted by atomic mass is 16.7. The van der Waals surface area contributed by atoms with Gasteiger partial charge in [-0.1, -0.05) is 81.4 Å². The standard InChI is InChI=1S/C51H73N7O9/c1-31(44(61)57-40(29-42(59)60)45(62)55-30-32-13-7-5-8-14-32)43(33-15-9-6-10-16-33)58-46(63)39(17-11-25-54-48(52)53)56-47(64)41-28-38-36-19-18-34-27-35(65-4)20-23-49(34,2)37(36)21-24-50(38,3)51(67-41)22-12-26-66-51/h5-10,13-16,31,34-41,43H,11-12,17-30H2,1-4H3,(H,55,62)(H,56,64)(H,57,61)(H,58,63)(H,59,60)(H4,52,53,54)/t31-,34-,35-,36+,37-,38-,39-,40-,41+,43+,49-,50-,51+/m0/s1. The van der Waals surface area contributed by atoms with Crippen molar-refractivity contribution in [2.75, 3.05) is 20.3 Å². The van der Waals surface area contributed by atoms with Crippen LogP contribution in [0.4, 0.5) is 0 Å². The summed E-state index contributed by atoms with van der Waals surface area (Å²) in [6.07, 6.45) is 8.92. The Morgan fingerprint density at radius 3 is 2.25 bits per heavy atom. The summed E-state index contributed by atoms with van der Waals surface area (Å²) in [5.41, 5.74) is 12.6. The summed E-state index contributed by atoms with van der Waals surface area (Å²) in [4.78, 5) is 72.8. The summed E-state index contributed by atoms with van der Waals surface area (Å²) < 4.78 is 19.4. The van der Waals surface area contributed by atoms with Crippen molar-refractivity contribution >= 4 is 35.6 Å². The van der Waals surface area contributed by atoms with Crippen LogP contribution in [0.5, 0.6) is 0 Å². The van der Waals surface area contributed by atoms with Gasteiger partial charge in [-0.3, -0.25) is 29.0 Å². The van der Waals surface area contributed by atoms with Gasteiger partial charge in [0.15, 0.2) is 11.7 Å². The fourth-order valence-corrected chi connectivity index (χ4v) is 12.8. The van der Waals surface area contributed by atoms with Gasteiger partial charge in [-0.05, 0) is 111 Å². The molecule has 2 heterocycles. The van der Waals surface area contributed by atoms with Crippen LogP contribution in [0.3, 0.4) is 0 Å². The lowest BCUT2D eigenvalue weighted by atomic mass is 9.42. The minimum Gasteiger partial charge on any atom is -0.481 e. The van der Waals surface area contributed by atoms with Gasteiger partial charge >= 0.3 is 5.97 Å². The highest BCUT2D eigenvalue weighted by Crippen LogP contribution is 2.68. The number of rotatable bonds is 18. The molecule has 366 valence electrons. The summed E-state index contributed by atoms with van der Waals surface area (Å²) in [5.74, 6) is -3.83. The fraction of sp³-hybridized carbons (Fsp3) is 0.647. The van der Waals surface area contributed by atoms with Crippen LogP contribution in [0.25, 0.3) is 0 Å². The van der Waals surface area contributed by atoms with Crippen molar-refractivity contribution in [3.05, 3.63) is 71.8 Å². The quantitative estimate of drug-likeness (QED) is 0.0605. The number of carbonyl (C=O) groups excluding carboxylic acids is 4. The Morgan fingerprint density at radius 2 is 1.58 bits per heavy atom. The van der Waals surface area contributed by atoms with Crippen LogP contribution >= 0.6 is 0 Å². The minimum atomic E-state index is -1.39. The third-order valence-electron chi connectivity index (χ3n) is 16.6. The molecular formula is C51H73N7O9. The van der Waals surface area contributed by atoms with Gasteiger partial charge in [0.25, 0.3) is 0 Å². The summed E-state index contributed by atoms with van der Waals surface area (Å²) in [6, 6.07) is 14.6. The molecular weight excluding hydrogens is 855 g/mol. The predicted molar refractivity (Wildman–Crippen MR) is 252 cm³/mol. The second kappa shape index (κ2) is 21.5. The molecule has 5 fully saturated rings. The van der Waals surface area contributed by atoms with Crippen molar-refractivity contribution in [2.45, 2.75) is 147 Å². The number of methoxy groups -OCH3 is 1. The lowest BCUT2D eigenvalue weighted by Crippen LogP contribution is -2.66. The zero-order valence-electron chi connectivity index (χ0n) is 39.7. The number of ether oxygens (including phenoxy) is 3. The molecule has 3 saturated carbocycles. The Kier molecular flexibility index (Phi) is 16.0. The zero-order valence-corrected chi connectivity index (χ0v) is 39.7. The van der Waals surface area contributed by atoms with E-state index in [9.17, 15) is 29.1 Å². The number of carboxylic acid groups (broad SMARTS) is 1. The third kappa shape index (κ3) is 11.0. The number of amides is 4. The third-order valence-corrected chi connectivity index (χ3v) is 16.6. The van der Waals surface area contributed by atoms with Gasteiger partial charge in [-0.15, -0.1) is 0 Å². The predicted octanol–water partition coefficient (Wildman–Crippen LogP) is 4.85. The average molecular weight is 928 g/mol. The zero-order chi connectivity index (χ0) is 47.9. The van der Waals surface area contributed by atoms with Gasteiger partial charge in [0.1, 0.15) is 18.2 Å². The molecule has 2 aromatic carbocycles. The minimum absolute atomic E-state index is 0.0927. The number of guanidine groups is 1. The van der Waals surface area contributed by atoms with E-state index in [1.807, 2.05) is 43.5 Å². The van der Waals surface area contributed by atoms with E-state index in [0.717, 1.165) is 56.9 Å². The van der Waals surface area contributed by atoms with Crippen molar-refractivity contribution in [2.24, 2.45) is 56.9 Å². The molecule has 7 rings (SSSR count). The van der Waals surface area contributed by atoms with Crippen molar-refractivity contribution in [1.29, 1.82) is 0 Å². The maximum Gasteiger partial charge on any atom is 0.305 e. The number of nitrogens with two attached hydrogens (primary N) is 2. The number of fused-ring (bicyclic) bond motifs is 6. The van der Waals surface area contributed by atoms with Crippen LogP contribution in [0.15, 0.2) is 65.7 Å². The van der Waals surface area contributed by atoms with Gasteiger partial charge < -0.3 is 52.1 Å². The normalized spacial score (nSPS) is 31.6. The Labute approximate surface area is 394 Å². The molecule has 3 aliphatic carbocycles. The van der Waals surface area contributed by atoms with Crippen LogP contribution < -0.4 is 32.7 Å². The molecule has 0 radical (unpaired) electrons. The van der Waals surface area contributed by atoms with Gasteiger partial charge in [-0.25, -0.2) is 0 Å². The van der Waals surface area contributed by atoms with Crippen LogP contribution in [-0.4, -0.2) is 91.0 Å². The molecule has 2 saturated heterocycles. The van der Waals surface area contributed by atoms with E-state index in [1.165, 1.54) is 0 Å². The van der Waals surface area contributed by atoms with Gasteiger partial charge in [0.2, 0.25) is 23.6 Å². The number of nitrogens with one attached hydrogen (secondary N) is 4. The Morgan fingerprint density at radius 1 is 0.851 bits per heavy atom. The molecule has 9 N–H and O–H groups in total. The van der Waals surface area contributed by atoms with E-state index in [1.54, 1.807) is 31.2 Å². The van der Waals surface area contributed by atoms with E-state index in [4.69, 9.17) is 25.7 Å². The van der Waals surface area contributed by atoms with E-state index in [-0.39, 0.29) is 42.2 Å². The first-order valence-corrected chi connectivity index (χ1v) is 24.5. The van der Waals surface area contributed by atoms with Crippen molar-refractivity contribution in [3.63, 3.8) is 0 Å². The maximum atomic E-state index is 14.8. The molecule has 2 aromatic rings. The number of benzene rings is 2. The molecule has 67 heavy (non-hydrogen) atoms. The number of hydrogen-bond donors (Lipinski definition) is 7. The van der Waals surface area contributed by atoms with E-state index in [0.29, 0.717) is 55.3 Å². The Balaban J connectivity index is 1.10. The largest absolute Gasteiger partial charge is 0.481 e. The highest BCUT2D eigenvalue weighted by molar-refractivity contribution is 5.92. The number of aliphatic imine (C=N–C) groups is 1. The van der Waals surface area contributed by atoms with Crippen molar-refractivity contribution in [1.82, 2.24) is 21.3 Å². The Hall–Kier alpha value is -5.06. The fourth-order valence-electron chi connectivity index (χ4n) is 12.8. The van der Waals surface area contributed by atoms with Crippen LogP contribution in [0.2, 0.25) is 0 Å². The van der Waals surface area contributed by atoms with Crippen LogP contribution in [-0.2, 0) is 44.7 Å². The van der Waals surface area contributed by atoms with Crippen LogP contribution in [0, 0.1) is 40.4 Å². The molecule has 1 spiro atoms. The second-order valence-electron chi connectivity index (χ2n) is 20.4. The molecule has 0 bridgehead atoms. The summed E-state index contributed by atoms with van der Waals surface area (Å²) in [7, 11) is 1.83. The molecule has 0 unspecified atom stereocenters. The lowest BCUT2D eigenvalue weighted by molar-refractivity contribution is -0.348. The number of carbonyl (C=O) groups is 5. The van der Waals surface area contributed by atoms with E-state index in [2.05, 4.69) is 40.1 Å². The molecule has 16 nitrogen and oxygen atoms in total. The second-order valence-corrected chi connectivity index (χ2v) is 20.4. The van der Waals surface area contributed by atoms with Crippen LogP contribution in [0.1, 0.15) is 121 Å². The number of nitrogens with zero attached hydrogens (tertiary/aromatic N) is 1. The molecule has 16 heteroatoms. The number of carboxylic acids is 1. The summed E-state index contributed by atoms with van der Waals surface area (Å²) in [6.45, 7) is 7.34. The molecule has 13 atom stereocenters. The van der Waals surface area contributed by atoms with Crippen molar-refractivity contribution in [3.8, 4) is 0 Å². The lowest BCUT2D eigenvalue weighted by Gasteiger charge is -2.66. The first kappa shape index (κ1) is 49.8. The molecule has 2 aliphatic heterocycles. The van der Waals surface area contributed by atoms with Gasteiger partial charge in [0, 0.05) is 32.0 Å². The monoisotopic (exact) mass is 928 g/mol. The first-order valence-electron chi connectivity index (χ1n) is 24.5. The smallest absolute Gasteiger partial charge is 0.305 e. The van der Waals surface area contributed by atoms with Gasteiger partial charge in [0.05, 0.1) is 31.1 Å². The summed E-state index contributed by atoms with van der Waals surface area (Å²) in [5, 5.41) is 21.2. The first-order chi connectivity index (χ1) is 32.1. The van der Waals surface area contributed by atoms with Crippen molar-refractivity contribution < 1.29 is 43.3 Å². The SMILES string of the molecule is CO[C@H]1CC[C@@]2(C)[C@@H](CC[C@@H]3[C@@H]2CC[C@@]2(C)[C@H]3C[C@H](C(=O)N[C@@H](CCCN=C(N)N)C(=O)N[C@@H](c3ccccc3)[C@H](C)C(=O)N[C@@H](CC(=O)O)C(=O)NCc3ccccc3)O[C@]23CCCO3)C1. The van der Waals surface area contributed by atoms with Gasteiger partial charge in [-0.2, -0.15) is 0 Å².